The molecule has 0 spiro atoms. The maximum atomic E-state index is 13.0. The zero-order valence-electron chi connectivity index (χ0n) is 10.5. The molecule has 1 amide bonds. The Hall–Kier alpha value is -1.69. The second-order valence-corrected chi connectivity index (χ2v) is 5.30. The highest BCUT2D eigenvalue weighted by atomic mass is 79.9. The molecule has 1 heterocycles. The number of carbonyl (C=O) groups excluding carboxylic acids is 1. The van der Waals surface area contributed by atoms with Gasteiger partial charge in [0.05, 0.1) is 5.56 Å². The molecule has 2 N–H and O–H groups in total. The van der Waals surface area contributed by atoms with Gasteiger partial charge < -0.3 is 5.32 Å². The Morgan fingerprint density at radius 2 is 2.16 bits per heavy atom. The molecule has 2 rings (SSSR count). The number of benzene rings is 1. The molecule has 2 aromatic rings. The first-order valence-electron chi connectivity index (χ1n) is 5.79. The van der Waals surface area contributed by atoms with Gasteiger partial charge in [-0.25, -0.2) is 4.39 Å². The summed E-state index contributed by atoms with van der Waals surface area (Å²) in [6.45, 7) is 4.05. The van der Waals surface area contributed by atoms with E-state index in [-0.39, 0.29) is 5.91 Å². The summed E-state index contributed by atoms with van der Waals surface area (Å²) in [4.78, 5) is 12.0. The highest BCUT2D eigenvalue weighted by Gasteiger charge is 2.13. The second kappa shape index (κ2) is 5.52. The van der Waals surface area contributed by atoms with Gasteiger partial charge in [0.15, 0.2) is 5.82 Å². The fraction of sp³-hybridized carbons (Fsp3) is 0.231. The Morgan fingerprint density at radius 1 is 1.42 bits per heavy atom. The minimum atomic E-state index is -0.398. The first kappa shape index (κ1) is 13.7. The number of aromatic nitrogens is 2. The predicted octanol–water partition coefficient (Wildman–Crippen LogP) is 3.69. The number of amides is 1. The summed E-state index contributed by atoms with van der Waals surface area (Å²) in [5, 5.41) is 9.51. The molecule has 0 aliphatic rings. The molecule has 1 aromatic heterocycles. The van der Waals surface area contributed by atoms with Crippen LogP contribution in [-0.2, 0) is 0 Å². The number of carbonyl (C=O) groups is 1. The van der Waals surface area contributed by atoms with E-state index in [4.69, 9.17) is 0 Å². The lowest BCUT2D eigenvalue weighted by Gasteiger charge is -2.04. The summed E-state index contributed by atoms with van der Waals surface area (Å²) in [5.41, 5.74) is 1.30. The molecule has 0 saturated heterocycles. The topological polar surface area (TPSA) is 57.8 Å². The summed E-state index contributed by atoms with van der Waals surface area (Å²) in [5.74, 6) is 0.0135. The van der Waals surface area contributed by atoms with Crippen molar-refractivity contribution in [3.63, 3.8) is 0 Å². The first-order valence-corrected chi connectivity index (χ1v) is 6.58. The summed E-state index contributed by atoms with van der Waals surface area (Å²) >= 11 is 3.16. The van der Waals surface area contributed by atoms with Crippen molar-refractivity contribution in [3.8, 4) is 0 Å². The molecule has 0 bridgehead atoms. The van der Waals surface area contributed by atoms with Gasteiger partial charge in [0, 0.05) is 16.2 Å². The predicted molar refractivity (Wildman–Crippen MR) is 74.7 cm³/mol. The molecule has 1 aromatic carbocycles. The number of halogens is 2. The highest BCUT2D eigenvalue weighted by Crippen LogP contribution is 2.20. The minimum absolute atomic E-state index is 0.302. The van der Waals surface area contributed by atoms with Gasteiger partial charge in [-0.3, -0.25) is 9.89 Å². The van der Waals surface area contributed by atoms with Gasteiger partial charge in [0.2, 0.25) is 0 Å². The van der Waals surface area contributed by atoms with Gasteiger partial charge in [-0.2, -0.15) is 5.10 Å². The summed E-state index contributed by atoms with van der Waals surface area (Å²) in [6, 6.07) is 5.69. The van der Waals surface area contributed by atoms with Crippen LogP contribution in [0.15, 0.2) is 28.7 Å². The van der Waals surface area contributed by atoms with Crippen LogP contribution in [0, 0.1) is 5.82 Å². The van der Waals surface area contributed by atoms with Crippen molar-refractivity contribution in [2.45, 2.75) is 19.8 Å². The molecule has 0 saturated carbocycles. The smallest absolute Gasteiger partial charge is 0.258 e. The molecule has 100 valence electrons. The Morgan fingerprint density at radius 3 is 2.74 bits per heavy atom. The monoisotopic (exact) mass is 325 g/mol. The summed E-state index contributed by atoms with van der Waals surface area (Å²) in [7, 11) is 0. The fourth-order valence-corrected chi connectivity index (χ4v) is 2.08. The third-order valence-electron chi connectivity index (χ3n) is 2.64. The lowest BCUT2D eigenvalue weighted by atomic mass is 10.1. The van der Waals surface area contributed by atoms with Crippen molar-refractivity contribution in [2.24, 2.45) is 0 Å². The molecule has 19 heavy (non-hydrogen) atoms. The summed E-state index contributed by atoms with van der Waals surface area (Å²) < 4.78 is 13.4. The number of hydrogen-bond acceptors (Lipinski definition) is 2. The van der Waals surface area contributed by atoms with E-state index in [1.165, 1.54) is 18.2 Å². The third-order valence-corrected chi connectivity index (χ3v) is 3.29. The van der Waals surface area contributed by atoms with Gasteiger partial charge in [0.1, 0.15) is 5.82 Å². The Balaban J connectivity index is 2.16. The Bertz CT molecular complexity index is 610. The SMILES string of the molecule is CC(C)c1cc(NC(=O)c2ccc(F)cc2Br)n[nH]1. The third kappa shape index (κ3) is 3.20. The molecular weight excluding hydrogens is 313 g/mol. The maximum Gasteiger partial charge on any atom is 0.258 e. The lowest BCUT2D eigenvalue weighted by molar-refractivity contribution is 0.102. The van der Waals surface area contributed by atoms with E-state index in [0.29, 0.717) is 21.8 Å². The molecule has 0 radical (unpaired) electrons. The number of hydrogen-bond donors (Lipinski definition) is 2. The zero-order valence-corrected chi connectivity index (χ0v) is 12.1. The van der Waals surface area contributed by atoms with Crippen LogP contribution >= 0.6 is 15.9 Å². The van der Waals surface area contributed by atoms with Crippen LogP contribution in [0.5, 0.6) is 0 Å². The molecule has 0 aliphatic carbocycles. The van der Waals surface area contributed by atoms with Crippen LogP contribution in [0.25, 0.3) is 0 Å². The van der Waals surface area contributed by atoms with E-state index in [9.17, 15) is 9.18 Å². The van der Waals surface area contributed by atoms with E-state index in [2.05, 4.69) is 31.4 Å². The van der Waals surface area contributed by atoms with E-state index in [0.717, 1.165) is 5.69 Å². The van der Waals surface area contributed by atoms with E-state index in [1.54, 1.807) is 6.07 Å². The molecule has 0 atom stereocenters. The number of anilines is 1. The van der Waals surface area contributed by atoms with Crippen molar-refractivity contribution in [1.29, 1.82) is 0 Å². The van der Waals surface area contributed by atoms with Crippen LogP contribution < -0.4 is 5.32 Å². The second-order valence-electron chi connectivity index (χ2n) is 4.44. The van der Waals surface area contributed by atoms with Crippen molar-refractivity contribution in [2.75, 3.05) is 5.32 Å². The minimum Gasteiger partial charge on any atom is -0.305 e. The van der Waals surface area contributed by atoms with Crippen LogP contribution in [0.1, 0.15) is 35.8 Å². The molecule has 6 heteroatoms. The normalized spacial score (nSPS) is 10.8. The summed E-state index contributed by atoms with van der Waals surface area (Å²) in [6.07, 6.45) is 0. The molecule has 4 nitrogen and oxygen atoms in total. The van der Waals surface area contributed by atoms with Crippen LogP contribution in [0.3, 0.4) is 0 Å². The van der Waals surface area contributed by atoms with Crippen molar-refractivity contribution < 1.29 is 9.18 Å². The number of rotatable bonds is 3. The first-order chi connectivity index (χ1) is 8.97. The van der Waals surface area contributed by atoms with Gasteiger partial charge in [-0.15, -0.1) is 0 Å². The number of H-pyrrole nitrogens is 1. The van der Waals surface area contributed by atoms with Crippen LogP contribution in [0.4, 0.5) is 10.2 Å². The van der Waals surface area contributed by atoms with E-state index in [1.807, 2.05) is 13.8 Å². The van der Waals surface area contributed by atoms with Gasteiger partial charge in [-0.1, -0.05) is 13.8 Å². The van der Waals surface area contributed by atoms with E-state index < -0.39 is 5.82 Å². The Kier molecular flexibility index (Phi) is 3.99. The van der Waals surface area contributed by atoms with Crippen LogP contribution in [0.2, 0.25) is 0 Å². The van der Waals surface area contributed by atoms with Crippen LogP contribution in [-0.4, -0.2) is 16.1 Å². The van der Waals surface area contributed by atoms with E-state index >= 15 is 0 Å². The van der Waals surface area contributed by atoms with Crippen molar-refractivity contribution in [3.05, 3.63) is 45.8 Å². The number of nitrogens with one attached hydrogen (secondary N) is 2. The molecule has 0 aliphatic heterocycles. The molecular formula is C13H13BrFN3O. The highest BCUT2D eigenvalue weighted by molar-refractivity contribution is 9.10. The van der Waals surface area contributed by atoms with Gasteiger partial charge in [-0.05, 0) is 40.0 Å². The fourth-order valence-electron chi connectivity index (χ4n) is 1.55. The maximum absolute atomic E-state index is 13.0. The molecule has 0 fully saturated rings. The lowest BCUT2D eigenvalue weighted by Crippen LogP contribution is -2.13. The number of nitrogens with zero attached hydrogens (tertiary/aromatic N) is 1. The average molecular weight is 326 g/mol. The van der Waals surface area contributed by atoms with Gasteiger partial charge in [0.25, 0.3) is 5.91 Å². The molecule has 0 unspecified atom stereocenters. The largest absolute Gasteiger partial charge is 0.305 e. The van der Waals surface area contributed by atoms with Crippen molar-refractivity contribution >= 4 is 27.7 Å². The number of aromatic amines is 1. The van der Waals surface area contributed by atoms with Crippen molar-refractivity contribution in [1.82, 2.24) is 10.2 Å². The Labute approximate surface area is 118 Å². The zero-order chi connectivity index (χ0) is 14.0. The van der Waals surface area contributed by atoms with Gasteiger partial charge >= 0.3 is 0 Å². The standard InChI is InChI=1S/C13H13BrFN3O/c1-7(2)11-6-12(18-17-11)16-13(19)9-4-3-8(15)5-10(9)14/h3-7H,1-2H3,(H2,16,17,18,19). The quantitative estimate of drug-likeness (QED) is 0.904. The average Bonchev–Trinajstić information content (AvgIpc) is 2.77.